The van der Waals surface area contributed by atoms with Crippen LogP contribution >= 0.6 is 11.3 Å². The highest BCUT2D eigenvalue weighted by molar-refractivity contribution is 7.07. The third-order valence-corrected chi connectivity index (χ3v) is 4.16. The van der Waals surface area contributed by atoms with Crippen molar-refractivity contribution in [2.45, 2.75) is 18.9 Å². The molecule has 18 heavy (non-hydrogen) atoms. The Balaban J connectivity index is 1.85. The fraction of sp³-hybridized carbons (Fsp3) is 0.267. The number of likely N-dealkylation sites (tertiary alicyclic amines) is 1. The zero-order valence-electron chi connectivity index (χ0n) is 10.1. The van der Waals surface area contributed by atoms with E-state index in [1.165, 1.54) is 5.56 Å². The van der Waals surface area contributed by atoms with Gasteiger partial charge in [0, 0.05) is 12.1 Å². The van der Waals surface area contributed by atoms with Crippen molar-refractivity contribution in [2.24, 2.45) is 0 Å². The standard InChI is InChI=1S/C15H15NOS/c17-15(12-5-2-1-3-6-12)16-9-4-7-14(16)13-8-10-18-11-13/h1-3,5-6,8,10-11,14H,4,7,9H2. The third-order valence-electron chi connectivity index (χ3n) is 3.46. The summed E-state index contributed by atoms with van der Waals surface area (Å²) in [6, 6.07) is 12.0. The quantitative estimate of drug-likeness (QED) is 0.803. The van der Waals surface area contributed by atoms with Crippen molar-refractivity contribution in [2.75, 3.05) is 6.54 Å². The van der Waals surface area contributed by atoms with Gasteiger partial charge in [-0.25, -0.2) is 0 Å². The largest absolute Gasteiger partial charge is 0.332 e. The van der Waals surface area contributed by atoms with Gasteiger partial charge in [0.25, 0.3) is 5.91 Å². The van der Waals surface area contributed by atoms with Crippen LogP contribution in [-0.4, -0.2) is 17.4 Å². The van der Waals surface area contributed by atoms with Gasteiger partial charge in [0.2, 0.25) is 0 Å². The number of thiophene rings is 1. The molecule has 0 bridgehead atoms. The molecule has 0 saturated carbocycles. The van der Waals surface area contributed by atoms with E-state index in [0.717, 1.165) is 24.9 Å². The first-order chi connectivity index (χ1) is 8.86. The summed E-state index contributed by atoms with van der Waals surface area (Å²) in [5, 5.41) is 4.24. The first-order valence-electron chi connectivity index (χ1n) is 6.24. The fourth-order valence-corrected chi connectivity index (χ4v) is 3.27. The minimum absolute atomic E-state index is 0.157. The maximum absolute atomic E-state index is 12.5. The monoisotopic (exact) mass is 257 g/mol. The summed E-state index contributed by atoms with van der Waals surface area (Å²) in [5.41, 5.74) is 2.07. The van der Waals surface area contributed by atoms with Gasteiger partial charge in [-0.05, 0) is 47.4 Å². The second-order valence-electron chi connectivity index (χ2n) is 4.58. The van der Waals surface area contributed by atoms with Crippen molar-refractivity contribution in [1.29, 1.82) is 0 Å². The van der Waals surface area contributed by atoms with E-state index in [9.17, 15) is 4.79 Å². The van der Waals surface area contributed by atoms with E-state index >= 15 is 0 Å². The summed E-state index contributed by atoms with van der Waals surface area (Å²) >= 11 is 1.70. The molecular formula is C15H15NOS. The molecule has 1 aromatic heterocycles. The SMILES string of the molecule is O=C(c1ccccc1)N1CCCC1c1ccsc1. The van der Waals surface area contributed by atoms with Crippen molar-refractivity contribution in [3.63, 3.8) is 0 Å². The Labute approximate surface area is 111 Å². The lowest BCUT2D eigenvalue weighted by Crippen LogP contribution is -2.30. The molecule has 1 fully saturated rings. The molecule has 0 radical (unpaired) electrons. The molecule has 1 aliphatic rings. The number of carbonyl (C=O) groups is 1. The van der Waals surface area contributed by atoms with E-state index < -0.39 is 0 Å². The average Bonchev–Trinajstić information content (AvgIpc) is 3.09. The minimum Gasteiger partial charge on any atom is -0.332 e. The number of rotatable bonds is 2. The van der Waals surface area contributed by atoms with Crippen LogP contribution in [0.4, 0.5) is 0 Å². The molecule has 3 heteroatoms. The van der Waals surface area contributed by atoms with Gasteiger partial charge in [-0.2, -0.15) is 11.3 Å². The molecule has 2 heterocycles. The van der Waals surface area contributed by atoms with Gasteiger partial charge in [0.05, 0.1) is 6.04 Å². The second kappa shape index (κ2) is 4.94. The Morgan fingerprint density at radius 3 is 2.78 bits per heavy atom. The molecule has 0 aliphatic carbocycles. The van der Waals surface area contributed by atoms with Crippen LogP contribution in [0.5, 0.6) is 0 Å². The Morgan fingerprint density at radius 2 is 2.06 bits per heavy atom. The smallest absolute Gasteiger partial charge is 0.254 e. The van der Waals surface area contributed by atoms with Crippen LogP contribution in [0.3, 0.4) is 0 Å². The van der Waals surface area contributed by atoms with Crippen LogP contribution in [0.15, 0.2) is 47.2 Å². The fourth-order valence-electron chi connectivity index (χ4n) is 2.57. The van der Waals surface area contributed by atoms with Gasteiger partial charge in [-0.3, -0.25) is 4.79 Å². The van der Waals surface area contributed by atoms with Gasteiger partial charge in [-0.15, -0.1) is 0 Å². The molecule has 1 aliphatic heterocycles. The predicted octanol–water partition coefficient (Wildman–Crippen LogP) is 3.73. The van der Waals surface area contributed by atoms with E-state index in [4.69, 9.17) is 0 Å². The van der Waals surface area contributed by atoms with Crippen molar-refractivity contribution in [3.05, 3.63) is 58.3 Å². The lowest BCUT2D eigenvalue weighted by Gasteiger charge is -2.24. The van der Waals surface area contributed by atoms with E-state index in [0.29, 0.717) is 0 Å². The molecule has 0 N–H and O–H groups in total. The van der Waals surface area contributed by atoms with Gasteiger partial charge in [0.1, 0.15) is 0 Å². The topological polar surface area (TPSA) is 20.3 Å². The normalized spacial score (nSPS) is 19.1. The van der Waals surface area contributed by atoms with Crippen molar-refractivity contribution >= 4 is 17.2 Å². The van der Waals surface area contributed by atoms with Crippen LogP contribution in [0.1, 0.15) is 34.8 Å². The summed E-state index contributed by atoms with van der Waals surface area (Å²) < 4.78 is 0. The second-order valence-corrected chi connectivity index (χ2v) is 5.36. The molecule has 1 aromatic carbocycles. The highest BCUT2D eigenvalue weighted by Crippen LogP contribution is 2.34. The zero-order chi connectivity index (χ0) is 12.4. The molecule has 3 rings (SSSR count). The minimum atomic E-state index is 0.157. The molecule has 92 valence electrons. The van der Waals surface area contributed by atoms with Crippen molar-refractivity contribution in [1.82, 2.24) is 4.90 Å². The molecule has 1 atom stereocenters. The maximum atomic E-state index is 12.5. The summed E-state index contributed by atoms with van der Waals surface area (Å²) in [7, 11) is 0. The zero-order valence-corrected chi connectivity index (χ0v) is 10.9. The predicted molar refractivity (Wildman–Crippen MR) is 73.8 cm³/mol. The molecular weight excluding hydrogens is 242 g/mol. The van der Waals surface area contributed by atoms with Gasteiger partial charge < -0.3 is 4.90 Å². The van der Waals surface area contributed by atoms with Crippen LogP contribution in [0.25, 0.3) is 0 Å². The molecule has 1 amide bonds. The molecule has 2 nitrogen and oxygen atoms in total. The number of carbonyl (C=O) groups excluding carboxylic acids is 1. The Hall–Kier alpha value is -1.61. The lowest BCUT2D eigenvalue weighted by atomic mass is 10.1. The Bertz CT molecular complexity index is 521. The van der Waals surface area contributed by atoms with Crippen molar-refractivity contribution in [3.8, 4) is 0 Å². The highest BCUT2D eigenvalue weighted by atomic mass is 32.1. The molecule has 1 unspecified atom stereocenters. The summed E-state index contributed by atoms with van der Waals surface area (Å²) in [6.45, 7) is 0.869. The first kappa shape index (κ1) is 11.5. The third kappa shape index (κ3) is 2.06. The van der Waals surface area contributed by atoms with Gasteiger partial charge in [-0.1, -0.05) is 18.2 Å². The summed E-state index contributed by atoms with van der Waals surface area (Å²) in [6.07, 6.45) is 2.17. The van der Waals surface area contributed by atoms with Gasteiger partial charge >= 0.3 is 0 Å². The molecule has 0 spiro atoms. The molecule has 1 saturated heterocycles. The van der Waals surface area contributed by atoms with Crippen LogP contribution in [0.2, 0.25) is 0 Å². The van der Waals surface area contributed by atoms with Crippen LogP contribution in [0, 0.1) is 0 Å². The van der Waals surface area contributed by atoms with Crippen LogP contribution in [-0.2, 0) is 0 Å². The highest BCUT2D eigenvalue weighted by Gasteiger charge is 2.30. The molecule has 2 aromatic rings. The van der Waals surface area contributed by atoms with E-state index in [2.05, 4.69) is 16.8 Å². The lowest BCUT2D eigenvalue weighted by molar-refractivity contribution is 0.0736. The Kier molecular flexibility index (Phi) is 3.15. The van der Waals surface area contributed by atoms with Crippen LogP contribution < -0.4 is 0 Å². The number of nitrogens with zero attached hydrogens (tertiary/aromatic N) is 1. The number of amides is 1. The maximum Gasteiger partial charge on any atom is 0.254 e. The van der Waals surface area contributed by atoms with Crippen molar-refractivity contribution < 1.29 is 4.79 Å². The Morgan fingerprint density at radius 1 is 1.22 bits per heavy atom. The average molecular weight is 257 g/mol. The number of hydrogen-bond acceptors (Lipinski definition) is 2. The van der Waals surface area contributed by atoms with E-state index in [1.54, 1.807) is 11.3 Å². The van der Waals surface area contributed by atoms with E-state index in [-0.39, 0.29) is 11.9 Å². The van der Waals surface area contributed by atoms with E-state index in [1.807, 2.05) is 35.2 Å². The van der Waals surface area contributed by atoms with Gasteiger partial charge in [0.15, 0.2) is 0 Å². The number of benzene rings is 1. The number of hydrogen-bond donors (Lipinski definition) is 0. The first-order valence-corrected chi connectivity index (χ1v) is 7.18. The summed E-state index contributed by atoms with van der Waals surface area (Å²) in [4.78, 5) is 14.5. The summed E-state index contributed by atoms with van der Waals surface area (Å²) in [5.74, 6) is 0.157.